The van der Waals surface area contributed by atoms with E-state index in [-0.39, 0.29) is 9.52 Å². The molecule has 0 heterocycles. The van der Waals surface area contributed by atoms with E-state index in [1.54, 1.807) is 0 Å². The second-order valence-corrected chi connectivity index (χ2v) is 11.0. The van der Waals surface area contributed by atoms with Crippen molar-refractivity contribution in [3.8, 4) is 0 Å². The molecule has 0 N–H and O–H groups in total. The van der Waals surface area contributed by atoms with Crippen molar-refractivity contribution in [2.45, 2.75) is 65.0 Å². The fourth-order valence-electron chi connectivity index (χ4n) is 1.65. The van der Waals surface area contributed by atoms with Crippen LogP contribution in [-0.4, -0.2) is 23.4 Å². The fourth-order valence-corrected chi connectivity index (χ4v) is 7.84. The highest BCUT2D eigenvalue weighted by Gasteiger charge is 2.02. The molecule has 13 heavy (non-hydrogen) atoms. The lowest BCUT2D eigenvalue weighted by molar-refractivity contribution is 0.842. The van der Waals surface area contributed by atoms with Crippen molar-refractivity contribution in [2.24, 2.45) is 0 Å². The zero-order chi connectivity index (χ0) is 10.3. The fraction of sp³-hybridized carbons (Fsp3) is 0.909. The summed E-state index contributed by atoms with van der Waals surface area (Å²) in [6.07, 6.45) is 4.27. The number of hydrogen-bond acceptors (Lipinski definition) is 0. The summed E-state index contributed by atoms with van der Waals surface area (Å²) in [6.45, 7) is 11.9. The number of hydrogen-bond donors (Lipinski definition) is 0. The highest BCUT2D eigenvalue weighted by atomic mass is 28.2. The van der Waals surface area contributed by atoms with Crippen LogP contribution in [0.1, 0.15) is 53.9 Å². The average molecular weight is 215 g/mol. The van der Waals surface area contributed by atoms with Gasteiger partial charge in [0.15, 0.2) is 0 Å². The van der Waals surface area contributed by atoms with E-state index < -0.39 is 0 Å². The van der Waals surface area contributed by atoms with E-state index in [2.05, 4.69) is 34.6 Å². The topological polar surface area (TPSA) is 0 Å². The van der Waals surface area contributed by atoms with Crippen LogP contribution in [0.2, 0.25) is 11.1 Å². The molecule has 0 unspecified atom stereocenters. The van der Waals surface area contributed by atoms with Crippen LogP contribution in [0.3, 0.4) is 0 Å². The average Bonchev–Trinajstić information content (AvgIpc) is 1.98. The van der Waals surface area contributed by atoms with E-state index in [1.165, 1.54) is 19.3 Å². The smallest absolute Gasteiger partial charge is 0.0459 e. The molecule has 2 heteroatoms. The van der Waals surface area contributed by atoms with Crippen molar-refractivity contribution in [3.63, 3.8) is 0 Å². The van der Waals surface area contributed by atoms with Crippen molar-refractivity contribution >= 4 is 23.4 Å². The summed E-state index contributed by atoms with van der Waals surface area (Å²) in [7, 11) is 0.819. The Morgan fingerprint density at radius 3 is 2.23 bits per heavy atom. The van der Waals surface area contributed by atoms with E-state index in [4.69, 9.17) is 0 Å². The normalized spacial score (nSPS) is 13.9. The molecule has 0 saturated heterocycles. The van der Waals surface area contributed by atoms with Crippen LogP contribution >= 0.6 is 0 Å². The molecule has 0 aliphatic heterocycles. The van der Waals surface area contributed by atoms with E-state index in [0.717, 1.165) is 11.1 Å². The standard InChI is InChI=1S/C11H26Si2/c1-6-7-8-11(12-9(2)3)13-10(4)5/h9-10,12H,6-8,13H2,1-5H3. The summed E-state index contributed by atoms with van der Waals surface area (Å²) in [6, 6.07) is 0. The lowest BCUT2D eigenvalue weighted by Gasteiger charge is -2.10. The number of unbranched alkanes of at least 4 members (excludes halogenated alkanes) is 1. The third kappa shape index (κ3) is 8.63. The van der Waals surface area contributed by atoms with Crippen molar-refractivity contribution < 1.29 is 0 Å². The second-order valence-electron chi connectivity index (χ2n) is 4.77. The van der Waals surface area contributed by atoms with Crippen LogP contribution in [0, 0.1) is 0 Å². The first-order valence-electron chi connectivity index (χ1n) is 5.75. The van der Waals surface area contributed by atoms with Crippen molar-refractivity contribution in [3.05, 3.63) is 0 Å². The van der Waals surface area contributed by atoms with E-state index in [0.29, 0.717) is 9.13 Å². The van der Waals surface area contributed by atoms with Gasteiger partial charge in [0, 0.05) is 9.52 Å². The van der Waals surface area contributed by atoms with Crippen LogP contribution in [0.4, 0.5) is 0 Å². The predicted molar refractivity (Wildman–Crippen MR) is 70.4 cm³/mol. The Balaban J connectivity index is 4.02. The van der Waals surface area contributed by atoms with Gasteiger partial charge in [0.25, 0.3) is 0 Å². The highest BCUT2D eigenvalue weighted by Crippen LogP contribution is 2.05. The summed E-state index contributed by atoms with van der Waals surface area (Å²) in [5.41, 5.74) is 1.95. The summed E-state index contributed by atoms with van der Waals surface area (Å²) in [4.78, 5) is 2.02. The molecule has 0 aliphatic rings. The molecule has 0 aliphatic carbocycles. The third-order valence-electron chi connectivity index (χ3n) is 2.09. The molecule has 0 rings (SSSR count). The molecule has 0 aromatic rings. The molecule has 0 aromatic heterocycles. The molecule has 0 nitrogen and oxygen atoms in total. The first-order valence-corrected chi connectivity index (χ1v) is 8.52. The van der Waals surface area contributed by atoms with Crippen LogP contribution in [-0.2, 0) is 0 Å². The van der Waals surface area contributed by atoms with E-state index in [9.17, 15) is 0 Å². The zero-order valence-corrected chi connectivity index (χ0v) is 12.6. The Morgan fingerprint density at radius 1 is 1.23 bits per heavy atom. The van der Waals surface area contributed by atoms with Gasteiger partial charge < -0.3 is 0 Å². The van der Waals surface area contributed by atoms with Crippen LogP contribution in [0.15, 0.2) is 0 Å². The molecular weight excluding hydrogens is 188 g/mol. The van der Waals surface area contributed by atoms with E-state index in [1.807, 2.05) is 4.79 Å². The first-order chi connectivity index (χ1) is 6.06. The van der Waals surface area contributed by atoms with Gasteiger partial charge in [-0.1, -0.05) is 53.0 Å². The maximum absolute atomic E-state index is 2.40. The Hall–Kier alpha value is 0.304. The molecule has 0 aromatic carbocycles. The van der Waals surface area contributed by atoms with Crippen LogP contribution < -0.4 is 0 Å². The van der Waals surface area contributed by atoms with Crippen molar-refractivity contribution in [1.29, 1.82) is 0 Å². The van der Waals surface area contributed by atoms with Gasteiger partial charge in [-0.05, 0) is 21.1 Å². The van der Waals surface area contributed by atoms with Gasteiger partial charge in [-0.2, -0.15) is 0 Å². The van der Waals surface area contributed by atoms with Crippen LogP contribution in [0.25, 0.3) is 0 Å². The maximum atomic E-state index is 2.40. The molecule has 78 valence electrons. The Kier molecular flexibility index (Phi) is 7.86. The molecule has 0 radical (unpaired) electrons. The van der Waals surface area contributed by atoms with Crippen molar-refractivity contribution in [1.82, 2.24) is 0 Å². The van der Waals surface area contributed by atoms with Gasteiger partial charge in [0.05, 0.1) is 0 Å². The lowest BCUT2D eigenvalue weighted by Crippen LogP contribution is -2.17. The lowest BCUT2D eigenvalue weighted by atomic mass is 10.3. The van der Waals surface area contributed by atoms with Gasteiger partial charge in [-0.15, -0.1) is 4.79 Å². The molecule has 0 fully saturated rings. The Morgan fingerprint density at radius 2 is 1.85 bits per heavy atom. The Labute approximate surface area is 88.8 Å². The first kappa shape index (κ1) is 13.3. The minimum Gasteiger partial charge on any atom is -0.108 e. The van der Waals surface area contributed by atoms with Gasteiger partial charge in [0.1, 0.15) is 0 Å². The van der Waals surface area contributed by atoms with Crippen molar-refractivity contribution in [2.75, 3.05) is 0 Å². The van der Waals surface area contributed by atoms with E-state index >= 15 is 0 Å². The largest absolute Gasteiger partial charge is 0.108 e. The summed E-state index contributed by atoms with van der Waals surface area (Å²) in [5.74, 6) is 0. The maximum Gasteiger partial charge on any atom is 0.0459 e. The SMILES string of the molecule is CCCCC(=[SiH]C(C)C)[SiH2]C(C)C. The molecule has 0 atom stereocenters. The Bertz CT molecular complexity index is 148. The molecule has 0 saturated carbocycles. The summed E-state index contributed by atoms with van der Waals surface area (Å²) >= 11 is 0. The zero-order valence-electron chi connectivity index (χ0n) is 10.1. The molecular formula is C11H26Si2. The van der Waals surface area contributed by atoms with Gasteiger partial charge in [0.2, 0.25) is 0 Å². The summed E-state index contributed by atoms with van der Waals surface area (Å²) < 4.78 is 0. The quantitative estimate of drug-likeness (QED) is 0.596. The molecule has 0 bridgehead atoms. The molecule has 0 spiro atoms. The van der Waals surface area contributed by atoms with Gasteiger partial charge >= 0.3 is 0 Å². The minimum absolute atomic E-state index is 0.151. The van der Waals surface area contributed by atoms with Gasteiger partial charge in [-0.25, -0.2) is 0 Å². The highest BCUT2D eigenvalue weighted by molar-refractivity contribution is 6.92. The monoisotopic (exact) mass is 214 g/mol. The van der Waals surface area contributed by atoms with Crippen LogP contribution in [0.5, 0.6) is 0 Å². The number of rotatable bonds is 6. The minimum atomic E-state index is 0.151. The molecule has 0 amide bonds. The predicted octanol–water partition coefficient (Wildman–Crippen LogP) is 2.57. The summed E-state index contributed by atoms with van der Waals surface area (Å²) in [5, 5.41) is 0. The van der Waals surface area contributed by atoms with Gasteiger partial charge in [-0.3, -0.25) is 0 Å². The third-order valence-corrected chi connectivity index (χ3v) is 6.63. The second kappa shape index (κ2) is 7.68.